The van der Waals surface area contributed by atoms with Gasteiger partial charge in [-0.2, -0.15) is 0 Å². The average Bonchev–Trinajstić information content (AvgIpc) is 3.21. The molecule has 1 aromatic heterocycles. The third kappa shape index (κ3) is 6.59. The van der Waals surface area contributed by atoms with Crippen LogP contribution in [0.5, 0.6) is 5.75 Å². The van der Waals surface area contributed by atoms with Crippen molar-refractivity contribution in [3.63, 3.8) is 0 Å². The molecule has 1 aromatic carbocycles. The summed E-state index contributed by atoms with van der Waals surface area (Å²) >= 11 is 0. The second-order valence-corrected chi connectivity index (χ2v) is 7.98. The summed E-state index contributed by atoms with van der Waals surface area (Å²) in [5.74, 6) is 3.84. The molecule has 29 heavy (non-hydrogen) atoms. The minimum absolute atomic E-state index is 0.724. The zero-order valence-electron chi connectivity index (χ0n) is 18.2. The van der Waals surface area contributed by atoms with E-state index in [1.54, 1.807) is 14.2 Å². The van der Waals surface area contributed by atoms with Crippen LogP contribution >= 0.6 is 0 Å². The highest BCUT2D eigenvalue weighted by molar-refractivity contribution is 5.33. The Balaban J connectivity index is 1.50. The number of piperidine rings is 1. The molecule has 0 bridgehead atoms. The molecule has 0 spiro atoms. The van der Waals surface area contributed by atoms with Crippen LogP contribution in [0, 0.1) is 5.92 Å². The summed E-state index contributed by atoms with van der Waals surface area (Å²) in [6, 6.07) is 12.6. The van der Waals surface area contributed by atoms with Gasteiger partial charge in [-0.25, -0.2) is 0 Å². The lowest BCUT2D eigenvalue weighted by atomic mass is 9.95. The number of para-hydroxylation sites is 1. The van der Waals surface area contributed by atoms with Crippen LogP contribution in [0.1, 0.15) is 36.8 Å². The molecule has 2 aromatic rings. The van der Waals surface area contributed by atoms with Crippen molar-refractivity contribution in [3.05, 3.63) is 53.5 Å². The van der Waals surface area contributed by atoms with Crippen molar-refractivity contribution >= 4 is 0 Å². The monoisotopic (exact) mass is 400 g/mol. The van der Waals surface area contributed by atoms with Crippen molar-refractivity contribution in [3.8, 4) is 5.75 Å². The van der Waals surface area contributed by atoms with Gasteiger partial charge in [-0.3, -0.25) is 9.80 Å². The normalized spacial score (nSPS) is 15.9. The minimum atomic E-state index is 0.724. The lowest BCUT2D eigenvalue weighted by Crippen LogP contribution is -2.39. The van der Waals surface area contributed by atoms with Crippen LogP contribution in [0.3, 0.4) is 0 Å². The van der Waals surface area contributed by atoms with Crippen LogP contribution < -0.4 is 4.74 Å². The molecule has 3 rings (SSSR count). The minimum Gasteiger partial charge on any atom is -0.496 e. The van der Waals surface area contributed by atoms with E-state index in [0.29, 0.717) is 0 Å². The van der Waals surface area contributed by atoms with Crippen molar-refractivity contribution in [2.45, 2.75) is 39.3 Å². The van der Waals surface area contributed by atoms with Gasteiger partial charge in [-0.05, 0) is 50.0 Å². The molecule has 0 amide bonds. The Hall–Kier alpha value is -1.82. The van der Waals surface area contributed by atoms with Crippen LogP contribution in [0.25, 0.3) is 0 Å². The molecule has 0 unspecified atom stereocenters. The number of benzene rings is 1. The van der Waals surface area contributed by atoms with E-state index < -0.39 is 0 Å². The number of aryl methyl sites for hydroxylation is 1. The second-order valence-electron chi connectivity index (χ2n) is 7.98. The summed E-state index contributed by atoms with van der Waals surface area (Å²) < 4.78 is 16.8. The molecule has 1 aliphatic heterocycles. The number of methoxy groups -OCH3 is 2. The summed E-state index contributed by atoms with van der Waals surface area (Å²) in [4.78, 5) is 5.04. The summed E-state index contributed by atoms with van der Waals surface area (Å²) in [6.45, 7) is 9.05. The molecule has 1 aliphatic rings. The lowest BCUT2D eigenvalue weighted by molar-refractivity contribution is 0.102. The van der Waals surface area contributed by atoms with Crippen LogP contribution in [-0.2, 0) is 24.2 Å². The van der Waals surface area contributed by atoms with Gasteiger partial charge in [-0.1, -0.05) is 25.1 Å². The van der Waals surface area contributed by atoms with E-state index in [4.69, 9.17) is 13.9 Å². The highest BCUT2D eigenvalue weighted by atomic mass is 16.5. The topological polar surface area (TPSA) is 38.1 Å². The number of hydrogen-bond acceptors (Lipinski definition) is 5. The Morgan fingerprint density at radius 1 is 1.07 bits per heavy atom. The maximum absolute atomic E-state index is 5.94. The molecule has 0 atom stereocenters. The molecule has 5 heteroatoms. The molecule has 0 radical (unpaired) electrons. The highest BCUT2D eigenvalue weighted by Gasteiger charge is 2.22. The third-order valence-electron chi connectivity index (χ3n) is 5.87. The van der Waals surface area contributed by atoms with Gasteiger partial charge in [0, 0.05) is 38.7 Å². The largest absolute Gasteiger partial charge is 0.496 e. The van der Waals surface area contributed by atoms with Crippen molar-refractivity contribution in [2.24, 2.45) is 5.92 Å². The van der Waals surface area contributed by atoms with E-state index in [9.17, 15) is 0 Å². The van der Waals surface area contributed by atoms with Crippen molar-refractivity contribution < 1.29 is 13.9 Å². The predicted molar refractivity (Wildman–Crippen MR) is 116 cm³/mol. The number of furan rings is 1. The van der Waals surface area contributed by atoms with E-state index in [-0.39, 0.29) is 0 Å². The van der Waals surface area contributed by atoms with Crippen molar-refractivity contribution in [2.75, 3.05) is 47.0 Å². The Labute approximate surface area is 175 Å². The van der Waals surface area contributed by atoms with Gasteiger partial charge in [0.05, 0.1) is 20.3 Å². The predicted octanol–water partition coefficient (Wildman–Crippen LogP) is 4.21. The molecule has 0 saturated carbocycles. The number of nitrogens with zero attached hydrogens (tertiary/aromatic N) is 2. The zero-order chi connectivity index (χ0) is 20.5. The average molecular weight is 401 g/mol. The summed E-state index contributed by atoms with van der Waals surface area (Å²) in [6.07, 6.45) is 3.41. The van der Waals surface area contributed by atoms with Crippen LogP contribution in [0.15, 0.2) is 40.8 Å². The van der Waals surface area contributed by atoms with Crippen LogP contribution in [0.2, 0.25) is 0 Å². The van der Waals surface area contributed by atoms with Crippen LogP contribution in [-0.4, -0.2) is 56.8 Å². The third-order valence-corrected chi connectivity index (χ3v) is 5.87. The zero-order valence-corrected chi connectivity index (χ0v) is 18.2. The van der Waals surface area contributed by atoms with E-state index >= 15 is 0 Å². The second kappa shape index (κ2) is 11.4. The van der Waals surface area contributed by atoms with Crippen molar-refractivity contribution in [1.82, 2.24) is 9.80 Å². The first-order valence-electron chi connectivity index (χ1n) is 10.8. The molecule has 0 aliphatic carbocycles. The molecular formula is C24H36N2O3. The van der Waals surface area contributed by atoms with Gasteiger partial charge in [-0.15, -0.1) is 0 Å². The first-order valence-corrected chi connectivity index (χ1v) is 10.8. The fourth-order valence-electron chi connectivity index (χ4n) is 4.14. The van der Waals surface area contributed by atoms with E-state index in [2.05, 4.69) is 41.0 Å². The fourth-order valence-corrected chi connectivity index (χ4v) is 4.14. The Kier molecular flexibility index (Phi) is 8.59. The molecule has 1 fully saturated rings. The van der Waals surface area contributed by atoms with Gasteiger partial charge in [0.2, 0.25) is 0 Å². The van der Waals surface area contributed by atoms with Gasteiger partial charge < -0.3 is 13.9 Å². The van der Waals surface area contributed by atoms with Gasteiger partial charge >= 0.3 is 0 Å². The number of likely N-dealkylation sites (tertiary alicyclic amines) is 1. The number of hydrogen-bond donors (Lipinski definition) is 0. The Morgan fingerprint density at radius 3 is 2.52 bits per heavy atom. The lowest BCUT2D eigenvalue weighted by Gasteiger charge is -2.35. The number of rotatable bonds is 11. The quantitative estimate of drug-likeness (QED) is 0.565. The maximum atomic E-state index is 5.94. The number of ether oxygens (including phenoxy) is 2. The molecule has 5 nitrogen and oxygen atoms in total. The molecule has 0 N–H and O–H groups in total. The first kappa shape index (κ1) is 21.9. The smallest absolute Gasteiger partial charge is 0.123 e. The summed E-state index contributed by atoms with van der Waals surface area (Å²) in [5.41, 5.74) is 1.28. The molecule has 2 heterocycles. The Morgan fingerprint density at radius 2 is 1.83 bits per heavy atom. The summed E-state index contributed by atoms with van der Waals surface area (Å²) in [7, 11) is 3.53. The molecule has 160 valence electrons. The SMILES string of the molecule is CCc1ccc(CN(CCOC)CC2CCN(Cc3ccccc3OC)CC2)o1. The standard InChI is InChI=1S/C24H36N2O3/c1-4-22-9-10-23(29-22)19-26(15-16-27-2)17-20-11-13-25(14-12-20)18-21-7-5-6-8-24(21)28-3/h5-10,20H,4,11-19H2,1-3H3. The van der Waals surface area contributed by atoms with Crippen molar-refractivity contribution in [1.29, 1.82) is 0 Å². The van der Waals surface area contributed by atoms with Gasteiger partial charge in [0.25, 0.3) is 0 Å². The van der Waals surface area contributed by atoms with Gasteiger partial charge in [0.1, 0.15) is 17.3 Å². The first-order chi connectivity index (χ1) is 14.2. The Bertz CT molecular complexity index is 722. The highest BCUT2D eigenvalue weighted by Crippen LogP contribution is 2.24. The molecule has 1 saturated heterocycles. The summed E-state index contributed by atoms with van der Waals surface area (Å²) in [5, 5.41) is 0. The maximum Gasteiger partial charge on any atom is 0.123 e. The fraction of sp³-hybridized carbons (Fsp3) is 0.583. The van der Waals surface area contributed by atoms with E-state index in [1.807, 2.05) is 12.1 Å². The van der Waals surface area contributed by atoms with Gasteiger partial charge in [0.15, 0.2) is 0 Å². The van der Waals surface area contributed by atoms with E-state index in [0.717, 1.165) is 75.5 Å². The van der Waals surface area contributed by atoms with Crippen LogP contribution in [0.4, 0.5) is 0 Å². The van der Waals surface area contributed by atoms with E-state index in [1.165, 1.54) is 18.4 Å². The molecular weight excluding hydrogens is 364 g/mol.